The van der Waals surface area contributed by atoms with Crippen LogP contribution in [0.3, 0.4) is 0 Å². The van der Waals surface area contributed by atoms with Gasteiger partial charge in [0.25, 0.3) is 5.91 Å². The van der Waals surface area contributed by atoms with E-state index in [1.54, 1.807) is 12.1 Å². The number of hydrogen-bond acceptors (Lipinski definition) is 6. The summed E-state index contributed by atoms with van der Waals surface area (Å²) in [7, 11) is 1.85. The first kappa shape index (κ1) is 23.9. The molecule has 7 heteroatoms. The first-order valence-corrected chi connectivity index (χ1v) is 11.1. The van der Waals surface area contributed by atoms with E-state index in [2.05, 4.69) is 44.8 Å². The van der Waals surface area contributed by atoms with Gasteiger partial charge in [0.2, 0.25) is 0 Å². The van der Waals surface area contributed by atoms with Crippen molar-refractivity contribution in [3.63, 3.8) is 0 Å². The summed E-state index contributed by atoms with van der Waals surface area (Å²) >= 11 is 0. The number of nitrogens with one attached hydrogen (secondary N) is 2. The molecular formula is C26H31N5O2. The Kier molecular flexibility index (Phi) is 8.97. The van der Waals surface area contributed by atoms with E-state index < -0.39 is 0 Å². The van der Waals surface area contributed by atoms with Crippen LogP contribution < -0.4 is 16.4 Å². The van der Waals surface area contributed by atoms with Gasteiger partial charge in [-0.25, -0.2) is 0 Å². The Morgan fingerprint density at radius 1 is 1.12 bits per heavy atom. The molecule has 1 amide bonds. The second-order valence-electron chi connectivity index (χ2n) is 7.89. The van der Waals surface area contributed by atoms with Crippen LogP contribution in [0.5, 0.6) is 0 Å². The fraction of sp³-hybridized carbons (Fsp3) is 0.269. The van der Waals surface area contributed by atoms with Crippen molar-refractivity contribution >= 4 is 23.6 Å². The van der Waals surface area contributed by atoms with Crippen molar-refractivity contribution in [3.05, 3.63) is 89.7 Å². The molecule has 2 heterocycles. The molecule has 2 aromatic carbocycles. The van der Waals surface area contributed by atoms with Crippen molar-refractivity contribution < 1.29 is 9.59 Å². The van der Waals surface area contributed by atoms with E-state index in [-0.39, 0.29) is 5.91 Å². The van der Waals surface area contributed by atoms with Gasteiger partial charge >= 0.3 is 0 Å². The molecule has 0 spiro atoms. The lowest BCUT2D eigenvalue weighted by Gasteiger charge is -2.24. The van der Waals surface area contributed by atoms with Crippen molar-refractivity contribution in [1.82, 2.24) is 15.2 Å². The van der Waals surface area contributed by atoms with Crippen LogP contribution in [0.4, 0.5) is 11.4 Å². The van der Waals surface area contributed by atoms with Gasteiger partial charge in [0.05, 0.1) is 16.9 Å². The molecular weight excluding hydrogens is 414 g/mol. The molecule has 1 unspecified atom stereocenters. The molecule has 4 rings (SSSR count). The number of nitrogens with two attached hydrogens (primary N) is 1. The number of nitrogen functional groups attached to an aromatic ring is 1. The van der Waals surface area contributed by atoms with E-state index in [1.165, 1.54) is 11.8 Å². The normalized spacial score (nSPS) is 15.2. The number of carbonyl (C=O) groups excluding carboxylic acids is 2. The summed E-state index contributed by atoms with van der Waals surface area (Å²) in [5.41, 5.74) is 9.45. The molecule has 1 aliphatic heterocycles. The number of hydrogen-bond donors (Lipinski definition) is 3. The van der Waals surface area contributed by atoms with Crippen molar-refractivity contribution in [1.29, 1.82) is 0 Å². The van der Waals surface area contributed by atoms with Crippen LogP contribution in [-0.2, 0) is 6.54 Å². The third kappa shape index (κ3) is 7.15. The van der Waals surface area contributed by atoms with Crippen molar-refractivity contribution in [2.45, 2.75) is 25.4 Å². The lowest BCUT2D eigenvalue weighted by Crippen LogP contribution is -2.39. The molecule has 1 saturated heterocycles. The first-order valence-electron chi connectivity index (χ1n) is 11.1. The summed E-state index contributed by atoms with van der Waals surface area (Å²) < 4.78 is 0. The van der Waals surface area contributed by atoms with E-state index in [1.807, 2.05) is 37.4 Å². The van der Waals surface area contributed by atoms with Gasteiger partial charge in [-0.3, -0.25) is 19.5 Å². The van der Waals surface area contributed by atoms with E-state index in [0.29, 0.717) is 30.1 Å². The third-order valence-corrected chi connectivity index (χ3v) is 5.63. The van der Waals surface area contributed by atoms with Crippen LogP contribution in [0.25, 0.3) is 0 Å². The van der Waals surface area contributed by atoms with Gasteiger partial charge < -0.3 is 16.4 Å². The Balaban J connectivity index is 0.000000286. The molecule has 1 aliphatic rings. The SMILES string of the molecule is CNc1ccccc1N.O=Cc1ccc(C(=O)NCC2CCCN2Cc2ccccc2)cn1. The number of amides is 1. The number of likely N-dealkylation sites (tertiary alicyclic amines) is 1. The Bertz CT molecular complexity index is 1020. The lowest BCUT2D eigenvalue weighted by molar-refractivity contribution is 0.0938. The third-order valence-electron chi connectivity index (χ3n) is 5.63. The van der Waals surface area contributed by atoms with Crippen LogP contribution in [0.2, 0.25) is 0 Å². The number of benzene rings is 2. The summed E-state index contributed by atoms with van der Waals surface area (Å²) in [5.74, 6) is -0.147. The fourth-order valence-electron chi connectivity index (χ4n) is 3.80. The molecule has 0 bridgehead atoms. The zero-order valence-electron chi connectivity index (χ0n) is 18.9. The fourth-order valence-corrected chi connectivity index (χ4v) is 3.80. The van der Waals surface area contributed by atoms with Gasteiger partial charge in [0.1, 0.15) is 5.69 Å². The average molecular weight is 446 g/mol. The number of aldehydes is 1. The van der Waals surface area contributed by atoms with Gasteiger partial charge in [-0.2, -0.15) is 0 Å². The number of pyridine rings is 1. The Morgan fingerprint density at radius 2 is 1.88 bits per heavy atom. The molecule has 0 saturated carbocycles. The summed E-state index contributed by atoms with van der Waals surface area (Å²) in [5, 5.41) is 5.96. The van der Waals surface area contributed by atoms with Crippen molar-refractivity contribution in [3.8, 4) is 0 Å². The van der Waals surface area contributed by atoms with Crippen LogP contribution >= 0.6 is 0 Å². The predicted octanol–water partition coefficient (Wildman–Crippen LogP) is 3.60. The molecule has 7 nitrogen and oxygen atoms in total. The van der Waals surface area contributed by atoms with Gasteiger partial charge in [0, 0.05) is 32.4 Å². The minimum Gasteiger partial charge on any atom is -0.397 e. The second kappa shape index (κ2) is 12.4. The molecule has 0 radical (unpaired) electrons. The zero-order chi connectivity index (χ0) is 23.5. The van der Waals surface area contributed by atoms with E-state index in [9.17, 15) is 9.59 Å². The van der Waals surface area contributed by atoms with E-state index in [4.69, 9.17) is 5.73 Å². The maximum atomic E-state index is 12.2. The van der Waals surface area contributed by atoms with Crippen molar-refractivity contribution in [2.75, 3.05) is 31.2 Å². The van der Waals surface area contributed by atoms with Crippen LogP contribution in [0.1, 0.15) is 39.3 Å². The number of aromatic nitrogens is 1. The summed E-state index contributed by atoms with van der Waals surface area (Å²) in [6.07, 6.45) is 4.36. The summed E-state index contributed by atoms with van der Waals surface area (Å²) in [6.45, 7) is 2.60. The topological polar surface area (TPSA) is 100 Å². The summed E-state index contributed by atoms with van der Waals surface area (Å²) in [4.78, 5) is 29.2. The Morgan fingerprint density at radius 3 is 2.52 bits per heavy atom. The minimum atomic E-state index is -0.147. The van der Waals surface area contributed by atoms with Gasteiger partial charge in [0.15, 0.2) is 6.29 Å². The highest BCUT2D eigenvalue weighted by atomic mass is 16.1. The lowest BCUT2D eigenvalue weighted by atomic mass is 10.1. The standard InChI is InChI=1S/C19H21N3O2.C7H10N2/c23-14-17-9-8-16(11-20-17)19(24)21-12-18-7-4-10-22(18)13-15-5-2-1-3-6-15;1-9-7-5-3-2-4-6(7)8/h1-3,5-6,8-9,11,14,18H,4,7,10,12-13H2,(H,21,24);2-5,9H,8H2,1H3. The van der Waals surface area contributed by atoms with Gasteiger partial charge in [-0.15, -0.1) is 0 Å². The highest BCUT2D eigenvalue weighted by molar-refractivity contribution is 5.94. The smallest absolute Gasteiger partial charge is 0.252 e. The number of anilines is 2. The molecule has 172 valence electrons. The van der Waals surface area contributed by atoms with Gasteiger partial charge in [-0.1, -0.05) is 42.5 Å². The first-order chi connectivity index (χ1) is 16.1. The zero-order valence-corrected chi connectivity index (χ0v) is 18.9. The second-order valence-corrected chi connectivity index (χ2v) is 7.89. The minimum absolute atomic E-state index is 0.147. The monoisotopic (exact) mass is 445 g/mol. The maximum absolute atomic E-state index is 12.2. The Labute approximate surface area is 195 Å². The van der Waals surface area contributed by atoms with Gasteiger partial charge in [-0.05, 0) is 49.2 Å². The average Bonchev–Trinajstić information content (AvgIpc) is 3.30. The number of carbonyl (C=O) groups is 2. The maximum Gasteiger partial charge on any atom is 0.252 e. The molecule has 4 N–H and O–H groups in total. The highest BCUT2D eigenvalue weighted by Gasteiger charge is 2.24. The molecule has 1 aromatic heterocycles. The van der Waals surface area contributed by atoms with Crippen LogP contribution in [0, 0.1) is 0 Å². The molecule has 1 atom stereocenters. The largest absolute Gasteiger partial charge is 0.397 e. The van der Waals surface area contributed by atoms with E-state index in [0.717, 1.165) is 37.3 Å². The molecule has 33 heavy (non-hydrogen) atoms. The van der Waals surface area contributed by atoms with E-state index >= 15 is 0 Å². The Hall–Kier alpha value is -3.71. The molecule has 1 fully saturated rings. The van der Waals surface area contributed by atoms with Crippen LogP contribution in [0.15, 0.2) is 72.9 Å². The highest BCUT2D eigenvalue weighted by Crippen LogP contribution is 2.19. The van der Waals surface area contributed by atoms with Crippen LogP contribution in [-0.4, -0.2) is 48.3 Å². The quantitative estimate of drug-likeness (QED) is 0.380. The predicted molar refractivity (Wildman–Crippen MR) is 132 cm³/mol. The van der Waals surface area contributed by atoms with Crippen molar-refractivity contribution in [2.24, 2.45) is 0 Å². The number of nitrogens with zero attached hydrogens (tertiary/aromatic N) is 2. The summed E-state index contributed by atoms with van der Waals surface area (Å²) in [6, 6.07) is 21.6. The molecule has 3 aromatic rings. The number of rotatable bonds is 7. The molecule has 0 aliphatic carbocycles. The number of para-hydroxylation sites is 2.